The van der Waals surface area contributed by atoms with Crippen LogP contribution >= 0.6 is 24.0 Å². The van der Waals surface area contributed by atoms with Gasteiger partial charge in [-0.3, -0.25) is 4.99 Å². The van der Waals surface area contributed by atoms with Crippen molar-refractivity contribution in [2.24, 2.45) is 10.9 Å². The molecule has 2 rings (SSSR count). The highest BCUT2D eigenvalue weighted by atomic mass is 127. The van der Waals surface area contributed by atoms with Gasteiger partial charge in [-0.25, -0.2) is 4.39 Å². The predicted octanol–water partition coefficient (Wildman–Crippen LogP) is 3.21. The first-order valence-corrected chi connectivity index (χ1v) is 9.69. The lowest BCUT2D eigenvalue weighted by Crippen LogP contribution is -2.42. The lowest BCUT2D eigenvalue weighted by Gasteiger charge is -2.21. The van der Waals surface area contributed by atoms with Crippen molar-refractivity contribution in [3.8, 4) is 5.75 Å². The van der Waals surface area contributed by atoms with E-state index in [2.05, 4.69) is 15.6 Å². The highest BCUT2D eigenvalue weighted by Crippen LogP contribution is 2.14. The number of hydrogen-bond acceptors (Lipinski definition) is 4. The third-order valence-corrected chi connectivity index (χ3v) is 4.38. The molecule has 8 heteroatoms. The normalized spacial score (nSPS) is 16.2. The van der Waals surface area contributed by atoms with Gasteiger partial charge in [-0.2, -0.15) is 0 Å². The number of rotatable bonds is 10. The number of nitrogens with zero attached hydrogens (tertiary/aromatic N) is 1. The molecule has 1 unspecified atom stereocenters. The molecule has 1 heterocycles. The zero-order chi connectivity index (χ0) is 19.3. The summed E-state index contributed by atoms with van der Waals surface area (Å²) in [6, 6.07) is 6.03. The van der Waals surface area contributed by atoms with Crippen LogP contribution < -0.4 is 15.4 Å². The average molecular weight is 509 g/mol. The molecule has 28 heavy (non-hydrogen) atoms. The molecule has 0 spiro atoms. The largest absolute Gasteiger partial charge is 0.489 e. The van der Waals surface area contributed by atoms with Crippen molar-refractivity contribution in [1.29, 1.82) is 0 Å². The van der Waals surface area contributed by atoms with Crippen LogP contribution in [0.1, 0.15) is 26.2 Å². The number of aliphatic imine (C=N–C) groups is 1. The second-order valence-electron chi connectivity index (χ2n) is 6.75. The van der Waals surface area contributed by atoms with Gasteiger partial charge in [-0.1, -0.05) is 0 Å². The molecule has 0 aliphatic carbocycles. The van der Waals surface area contributed by atoms with Gasteiger partial charge in [0, 0.05) is 40.0 Å². The molecule has 1 fully saturated rings. The number of ether oxygens (including phenoxy) is 3. The maximum absolute atomic E-state index is 12.9. The molecule has 1 aliphatic heterocycles. The molecule has 0 amide bonds. The van der Waals surface area contributed by atoms with Crippen molar-refractivity contribution in [3.05, 3.63) is 30.1 Å². The molecule has 1 aromatic carbocycles. The van der Waals surface area contributed by atoms with Crippen molar-refractivity contribution in [1.82, 2.24) is 10.6 Å². The number of nitrogens with one attached hydrogen (secondary N) is 2. The lowest BCUT2D eigenvalue weighted by atomic mass is 10.0. The summed E-state index contributed by atoms with van der Waals surface area (Å²) in [4.78, 5) is 4.20. The van der Waals surface area contributed by atoms with E-state index in [0.717, 1.165) is 58.2 Å². The van der Waals surface area contributed by atoms with Gasteiger partial charge in [-0.15, -0.1) is 24.0 Å². The van der Waals surface area contributed by atoms with Gasteiger partial charge >= 0.3 is 0 Å². The quantitative estimate of drug-likeness (QED) is 0.220. The molecule has 0 bridgehead atoms. The van der Waals surface area contributed by atoms with Crippen LogP contribution in [0.2, 0.25) is 0 Å². The van der Waals surface area contributed by atoms with Crippen molar-refractivity contribution < 1.29 is 18.6 Å². The summed E-state index contributed by atoms with van der Waals surface area (Å²) in [5.41, 5.74) is 0. The van der Waals surface area contributed by atoms with Crippen LogP contribution in [-0.2, 0) is 9.47 Å². The van der Waals surface area contributed by atoms with Crippen LogP contribution in [0, 0.1) is 11.7 Å². The van der Waals surface area contributed by atoms with E-state index in [0.29, 0.717) is 18.2 Å². The van der Waals surface area contributed by atoms with Crippen molar-refractivity contribution in [2.45, 2.75) is 32.3 Å². The molecule has 0 aromatic heterocycles. The molecule has 1 aliphatic rings. The minimum Gasteiger partial charge on any atom is -0.489 e. The monoisotopic (exact) mass is 509 g/mol. The van der Waals surface area contributed by atoms with E-state index in [1.165, 1.54) is 12.1 Å². The number of halogens is 2. The maximum Gasteiger partial charge on any atom is 0.191 e. The fraction of sp³-hybridized carbons (Fsp3) is 0.650. The maximum atomic E-state index is 12.9. The van der Waals surface area contributed by atoms with Crippen molar-refractivity contribution in [3.63, 3.8) is 0 Å². The molecule has 2 N–H and O–H groups in total. The van der Waals surface area contributed by atoms with Gasteiger partial charge in [-0.05, 0) is 56.4 Å². The first-order chi connectivity index (χ1) is 13.2. The molecule has 1 aromatic rings. The zero-order valence-corrected chi connectivity index (χ0v) is 19.1. The Balaban J connectivity index is 0.00000392. The summed E-state index contributed by atoms with van der Waals surface area (Å²) in [5.74, 6) is 1.75. The summed E-state index contributed by atoms with van der Waals surface area (Å²) in [7, 11) is 1.74. The highest BCUT2D eigenvalue weighted by Gasteiger charge is 2.13. The van der Waals surface area contributed by atoms with Crippen molar-refractivity contribution >= 4 is 29.9 Å². The fourth-order valence-electron chi connectivity index (χ4n) is 2.79. The van der Waals surface area contributed by atoms with Crippen LogP contribution in [0.25, 0.3) is 0 Å². The van der Waals surface area contributed by atoms with E-state index in [4.69, 9.17) is 14.2 Å². The Morgan fingerprint density at radius 3 is 2.64 bits per heavy atom. The van der Waals surface area contributed by atoms with Crippen LogP contribution in [0.15, 0.2) is 29.3 Å². The first-order valence-electron chi connectivity index (χ1n) is 9.69. The molecule has 1 atom stereocenters. The standard InChI is InChI=1S/C20H32FN3O3.HI/c1-16(27-19-6-4-18(21)5-7-19)14-24-20(22-2)23-10-3-11-26-15-17-8-12-25-13-9-17;/h4-7,16-17H,3,8-15H2,1-2H3,(H2,22,23,24);1H. The van der Waals surface area contributed by atoms with Gasteiger partial charge < -0.3 is 24.8 Å². The Morgan fingerprint density at radius 1 is 1.25 bits per heavy atom. The Kier molecular flexibility index (Phi) is 13.2. The molecular weight excluding hydrogens is 476 g/mol. The highest BCUT2D eigenvalue weighted by molar-refractivity contribution is 14.0. The summed E-state index contributed by atoms with van der Waals surface area (Å²) in [5, 5.41) is 6.50. The van der Waals surface area contributed by atoms with Crippen LogP contribution in [0.5, 0.6) is 5.75 Å². The first kappa shape index (κ1) is 24.9. The zero-order valence-electron chi connectivity index (χ0n) is 16.8. The molecule has 6 nitrogen and oxygen atoms in total. The van der Waals surface area contributed by atoms with Gasteiger partial charge in [0.05, 0.1) is 6.54 Å². The van der Waals surface area contributed by atoms with Gasteiger partial charge in [0.2, 0.25) is 0 Å². The van der Waals surface area contributed by atoms with Gasteiger partial charge in [0.1, 0.15) is 17.7 Å². The summed E-state index contributed by atoms with van der Waals surface area (Å²) in [6.45, 7) is 6.63. The second-order valence-corrected chi connectivity index (χ2v) is 6.75. The molecule has 0 radical (unpaired) electrons. The Hall–Kier alpha value is -1.13. The third-order valence-electron chi connectivity index (χ3n) is 4.38. The minimum absolute atomic E-state index is 0. The smallest absolute Gasteiger partial charge is 0.191 e. The van der Waals surface area contributed by atoms with E-state index in [9.17, 15) is 4.39 Å². The van der Waals surface area contributed by atoms with E-state index < -0.39 is 0 Å². The Bertz CT molecular complexity index is 554. The van der Waals surface area contributed by atoms with Crippen LogP contribution in [0.4, 0.5) is 4.39 Å². The molecule has 160 valence electrons. The Morgan fingerprint density at radius 2 is 1.96 bits per heavy atom. The van der Waals surface area contributed by atoms with Crippen LogP contribution in [-0.4, -0.2) is 58.6 Å². The van der Waals surface area contributed by atoms with Gasteiger partial charge in [0.15, 0.2) is 5.96 Å². The summed E-state index contributed by atoms with van der Waals surface area (Å²) in [6.07, 6.45) is 3.06. The third kappa shape index (κ3) is 10.4. The van der Waals surface area contributed by atoms with Crippen molar-refractivity contribution in [2.75, 3.05) is 46.6 Å². The summed E-state index contributed by atoms with van der Waals surface area (Å²) < 4.78 is 29.8. The fourth-order valence-corrected chi connectivity index (χ4v) is 2.79. The lowest BCUT2D eigenvalue weighted by molar-refractivity contribution is 0.0203. The molecular formula is C20H33FIN3O3. The second kappa shape index (κ2) is 14.8. The SMILES string of the molecule is CN=C(NCCCOCC1CCOCC1)NCC(C)Oc1ccc(F)cc1.I. The minimum atomic E-state index is -0.269. The van der Waals surface area contributed by atoms with Gasteiger partial charge in [0.25, 0.3) is 0 Å². The topological polar surface area (TPSA) is 64.1 Å². The van der Waals surface area contributed by atoms with E-state index >= 15 is 0 Å². The Labute approximate surface area is 184 Å². The summed E-state index contributed by atoms with van der Waals surface area (Å²) >= 11 is 0. The molecule has 1 saturated heterocycles. The average Bonchev–Trinajstić information content (AvgIpc) is 2.69. The number of guanidine groups is 1. The number of benzene rings is 1. The van der Waals surface area contributed by atoms with E-state index in [-0.39, 0.29) is 35.9 Å². The van der Waals surface area contributed by atoms with Crippen LogP contribution in [0.3, 0.4) is 0 Å². The molecule has 0 saturated carbocycles. The number of hydrogen-bond donors (Lipinski definition) is 2. The predicted molar refractivity (Wildman–Crippen MR) is 120 cm³/mol. The van der Waals surface area contributed by atoms with E-state index in [1.54, 1.807) is 19.2 Å². The van der Waals surface area contributed by atoms with E-state index in [1.807, 2.05) is 6.92 Å².